The molecule has 1 heterocycles. The average molecular weight is 333 g/mol. The van der Waals surface area contributed by atoms with Gasteiger partial charge in [0.05, 0.1) is 17.7 Å². The van der Waals surface area contributed by atoms with Crippen molar-refractivity contribution in [1.82, 2.24) is 10.2 Å². The molecule has 1 N–H and O–H groups in total. The van der Waals surface area contributed by atoms with Crippen LogP contribution in [0.4, 0.5) is 0 Å². The first-order valence-corrected chi connectivity index (χ1v) is 8.31. The molecule has 1 aliphatic rings. The molecule has 1 saturated heterocycles. The molecule has 1 atom stereocenters. The maximum Gasteiger partial charge on any atom is 0.251 e. The number of nitrogens with one attached hydrogen (secondary N) is 1. The molecule has 2 aromatic rings. The Morgan fingerprint density at radius 2 is 2.00 bits per heavy atom. The Morgan fingerprint density at radius 1 is 1.20 bits per heavy atom. The van der Waals surface area contributed by atoms with Crippen molar-refractivity contribution in [1.29, 1.82) is 5.26 Å². The lowest BCUT2D eigenvalue weighted by Gasteiger charge is -2.25. The summed E-state index contributed by atoms with van der Waals surface area (Å²) in [7, 11) is 0. The first-order chi connectivity index (χ1) is 12.2. The Morgan fingerprint density at radius 3 is 2.68 bits per heavy atom. The summed E-state index contributed by atoms with van der Waals surface area (Å²) >= 11 is 0. The summed E-state index contributed by atoms with van der Waals surface area (Å²) in [5, 5.41) is 12.0. The van der Waals surface area contributed by atoms with Crippen LogP contribution in [0.2, 0.25) is 0 Å². The van der Waals surface area contributed by atoms with Gasteiger partial charge in [-0.1, -0.05) is 36.4 Å². The Balaban J connectivity index is 1.80. The van der Waals surface area contributed by atoms with Gasteiger partial charge in [0, 0.05) is 25.1 Å². The fourth-order valence-electron chi connectivity index (χ4n) is 3.01. The van der Waals surface area contributed by atoms with Gasteiger partial charge in [0.15, 0.2) is 0 Å². The van der Waals surface area contributed by atoms with E-state index < -0.39 is 0 Å². The minimum atomic E-state index is -0.290. The van der Waals surface area contributed by atoms with Gasteiger partial charge in [-0.25, -0.2) is 0 Å². The standard InChI is InChI=1S/C20H19N3O2/c21-13-15-6-4-9-17(12-15)20(25)22-18(16-7-2-1-3-8-16)14-23-11-5-10-19(23)24/h1-4,6-9,12,18H,5,10-11,14H2,(H,22,25)/t18-/m0/s1. The van der Waals surface area contributed by atoms with Gasteiger partial charge >= 0.3 is 0 Å². The number of amides is 2. The molecular weight excluding hydrogens is 314 g/mol. The first-order valence-electron chi connectivity index (χ1n) is 8.31. The zero-order valence-electron chi connectivity index (χ0n) is 13.8. The van der Waals surface area contributed by atoms with Crippen molar-refractivity contribution in [2.75, 3.05) is 13.1 Å². The number of carbonyl (C=O) groups is 2. The second-order valence-corrected chi connectivity index (χ2v) is 6.07. The molecule has 1 aliphatic heterocycles. The zero-order chi connectivity index (χ0) is 17.6. The van der Waals surface area contributed by atoms with Crippen LogP contribution in [-0.4, -0.2) is 29.8 Å². The second-order valence-electron chi connectivity index (χ2n) is 6.07. The number of nitrogens with zero attached hydrogens (tertiary/aromatic N) is 2. The Hall–Kier alpha value is -3.13. The van der Waals surface area contributed by atoms with E-state index >= 15 is 0 Å². The van der Waals surface area contributed by atoms with Gasteiger partial charge in [-0.3, -0.25) is 9.59 Å². The Bertz CT molecular complexity index is 811. The van der Waals surface area contributed by atoms with Crippen LogP contribution in [0.3, 0.4) is 0 Å². The van der Waals surface area contributed by atoms with E-state index in [0.29, 0.717) is 24.1 Å². The van der Waals surface area contributed by atoms with E-state index in [9.17, 15) is 9.59 Å². The minimum absolute atomic E-state index is 0.127. The molecule has 0 spiro atoms. The number of benzene rings is 2. The van der Waals surface area contributed by atoms with Crippen molar-refractivity contribution >= 4 is 11.8 Å². The second kappa shape index (κ2) is 7.63. The van der Waals surface area contributed by atoms with Crippen LogP contribution in [0.5, 0.6) is 0 Å². The molecule has 3 rings (SSSR count). The van der Waals surface area contributed by atoms with Gasteiger partial charge in [0.1, 0.15) is 0 Å². The smallest absolute Gasteiger partial charge is 0.251 e. The van der Waals surface area contributed by atoms with Crippen molar-refractivity contribution in [3.63, 3.8) is 0 Å². The van der Waals surface area contributed by atoms with Gasteiger partial charge in [-0.2, -0.15) is 5.26 Å². The topological polar surface area (TPSA) is 73.2 Å². The number of likely N-dealkylation sites (tertiary alicyclic amines) is 1. The highest BCUT2D eigenvalue weighted by atomic mass is 16.2. The lowest BCUT2D eigenvalue weighted by Crippen LogP contribution is -2.38. The van der Waals surface area contributed by atoms with E-state index in [4.69, 9.17) is 5.26 Å². The van der Waals surface area contributed by atoms with Crippen LogP contribution in [0.1, 0.15) is 40.4 Å². The van der Waals surface area contributed by atoms with Crippen LogP contribution in [0, 0.1) is 11.3 Å². The normalized spacial score (nSPS) is 14.8. The fraction of sp³-hybridized carbons (Fsp3) is 0.250. The van der Waals surface area contributed by atoms with Crippen molar-refractivity contribution in [2.45, 2.75) is 18.9 Å². The third-order valence-electron chi connectivity index (χ3n) is 4.34. The summed E-state index contributed by atoms with van der Waals surface area (Å²) in [5.41, 5.74) is 1.83. The van der Waals surface area contributed by atoms with E-state index in [1.165, 1.54) is 0 Å². The molecule has 25 heavy (non-hydrogen) atoms. The summed E-state index contributed by atoms with van der Waals surface area (Å²) in [6.45, 7) is 1.18. The van der Waals surface area contributed by atoms with Crippen LogP contribution in [0.25, 0.3) is 0 Å². The Labute approximate surface area is 146 Å². The molecular formula is C20H19N3O2. The van der Waals surface area contributed by atoms with Crippen molar-refractivity contribution < 1.29 is 9.59 Å². The predicted octanol–water partition coefficient (Wildman–Crippen LogP) is 2.65. The molecule has 0 aromatic heterocycles. The molecule has 2 aromatic carbocycles. The molecule has 126 valence electrons. The van der Waals surface area contributed by atoms with Crippen LogP contribution < -0.4 is 5.32 Å². The van der Waals surface area contributed by atoms with Crippen molar-refractivity contribution in [3.8, 4) is 6.07 Å². The molecule has 0 saturated carbocycles. The molecule has 5 heteroatoms. The SMILES string of the molecule is N#Cc1cccc(C(=O)N[C@@H](CN2CCCC2=O)c2ccccc2)c1. The largest absolute Gasteiger partial charge is 0.343 e. The van der Waals surface area contributed by atoms with Crippen LogP contribution in [-0.2, 0) is 4.79 Å². The lowest BCUT2D eigenvalue weighted by atomic mass is 10.0. The molecule has 0 aliphatic carbocycles. The van der Waals surface area contributed by atoms with Gasteiger partial charge in [-0.15, -0.1) is 0 Å². The fourth-order valence-corrected chi connectivity index (χ4v) is 3.01. The highest BCUT2D eigenvalue weighted by molar-refractivity contribution is 5.94. The summed E-state index contributed by atoms with van der Waals surface area (Å²) < 4.78 is 0. The molecule has 0 bridgehead atoms. The predicted molar refractivity (Wildman–Crippen MR) is 93.6 cm³/mol. The zero-order valence-corrected chi connectivity index (χ0v) is 13.8. The monoisotopic (exact) mass is 333 g/mol. The summed E-state index contributed by atoms with van der Waals surface area (Å²) in [5.74, 6) is -0.126. The van der Waals surface area contributed by atoms with Gasteiger partial charge in [0.25, 0.3) is 5.91 Å². The molecule has 2 amide bonds. The molecule has 1 fully saturated rings. The van der Waals surface area contributed by atoms with E-state index in [2.05, 4.69) is 5.32 Å². The first kappa shape index (κ1) is 16.7. The Kier molecular flexibility index (Phi) is 5.10. The van der Waals surface area contributed by atoms with Crippen LogP contribution in [0.15, 0.2) is 54.6 Å². The lowest BCUT2D eigenvalue weighted by molar-refractivity contribution is -0.128. The minimum Gasteiger partial charge on any atom is -0.343 e. The number of hydrogen-bond acceptors (Lipinski definition) is 3. The average Bonchev–Trinajstić information content (AvgIpc) is 3.06. The summed E-state index contributed by atoms with van der Waals surface area (Å²) in [4.78, 5) is 26.4. The molecule has 5 nitrogen and oxygen atoms in total. The van der Waals surface area contributed by atoms with Gasteiger partial charge in [-0.05, 0) is 30.2 Å². The number of nitriles is 1. The maximum absolute atomic E-state index is 12.6. The van der Waals surface area contributed by atoms with E-state index in [1.807, 2.05) is 36.4 Å². The number of carbonyl (C=O) groups excluding carboxylic acids is 2. The highest BCUT2D eigenvalue weighted by Gasteiger charge is 2.25. The third-order valence-corrected chi connectivity index (χ3v) is 4.34. The van der Waals surface area contributed by atoms with Crippen molar-refractivity contribution in [3.05, 3.63) is 71.3 Å². The van der Waals surface area contributed by atoms with Crippen LogP contribution >= 0.6 is 0 Å². The summed E-state index contributed by atoms with van der Waals surface area (Å²) in [6, 6.07) is 18.0. The van der Waals surface area contributed by atoms with E-state index in [1.54, 1.807) is 29.2 Å². The van der Waals surface area contributed by atoms with Gasteiger partial charge < -0.3 is 10.2 Å². The molecule has 0 unspecified atom stereocenters. The highest BCUT2D eigenvalue weighted by Crippen LogP contribution is 2.19. The number of hydrogen-bond donors (Lipinski definition) is 1. The van der Waals surface area contributed by atoms with Gasteiger partial charge in [0.2, 0.25) is 5.91 Å². The molecule has 0 radical (unpaired) electrons. The third kappa shape index (κ3) is 4.04. The summed E-state index contributed by atoms with van der Waals surface area (Å²) in [6.07, 6.45) is 1.43. The van der Waals surface area contributed by atoms with Crippen molar-refractivity contribution in [2.24, 2.45) is 0 Å². The quantitative estimate of drug-likeness (QED) is 0.914. The van der Waals surface area contributed by atoms with E-state index in [0.717, 1.165) is 18.5 Å². The number of rotatable bonds is 5. The maximum atomic E-state index is 12.6. The van der Waals surface area contributed by atoms with E-state index in [-0.39, 0.29) is 17.9 Å².